The Morgan fingerprint density at radius 2 is 2.44 bits per heavy atom. The minimum Gasteiger partial charge on any atom is -0.392 e. The lowest BCUT2D eigenvalue weighted by Crippen LogP contribution is -2.52. The highest BCUT2D eigenvalue weighted by atomic mass is 32.1. The van der Waals surface area contributed by atoms with Crippen LogP contribution < -0.4 is 11.1 Å². The SMILES string of the molecule is NC(=S)C1(C(=O)NCc2ccno2)CCC1. The second-order valence-corrected chi connectivity index (χ2v) is 4.40. The molecule has 0 atom stereocenters. The average Bonchev–Trinajstić information content (AvgIpc) is 2.64. The fourth-order valence-corrected chi connectivity index (χ4v) is 2.08. The van der Waals surface area contributed by atoms with Crippen LogP contribution in [-0.4, -0.2) is 16.1 Å². The lowest BCUT2D eigenvalue weighted by atomic mass is 9.68. The summed E-state index contributed by atoms with van der Waals surface area (Å²) in [6, 6.07) is 1.70. The number of nitrogens with one attached hydrogen (secondary N) is 1. The molecule has 1 fully saturated rings. The third kappa shape index (κ3) is 1.80. The first kappa shape index (κ1) is 11.1. The second kappa shape index (κ2) is 4.21. The smallest absolute Gasteiger partial charge is 0.233 e. The zero-order valence-corrected chi connectivity index (χ0v) is 9.55. The van der Waals surface area contributed by atoms with E-state index in [0.717, 1.165) is 19.3 Å². The van der Waals surface area contributed by atoms with Gasteiger partial charge in [0.25, 0.3) is 0 Å². The van der Waals surface area contributed by atoms with Gasteiger partial charge in [-0.15, -0.1) is 0 Å². The Kier molecular flexibility index (Phi) is 2.91. The number of hydrogen-bond donors (Lipinski definition) is 2. The van der Waals surface area contributed by atoms with Gasteiger partial charge in [0.15, 0.2) is 5.76 Å². The maximum atomic E-state index is 11.9. The zero-order chi connectivity index (χ0) is 11.6. The summed E-state index contributed by atoms with van der Waals surface area (Å²) >= 11 is 4.95. The molecule has 1 saturated carbocycles. The van der Waals surface area contributed by atoms with E-state index in [-0.39, 0.29) is 10.9 Å². The monoisotopic (exact) mass is 239 g/mol. The Morgan fingerprint density at radius 3 is 2.88 bits per heavy atom. The summed E-state index contributed by atoms with van der Waals surface area (Å²) in [5.41, 5.74) is 4.99. The Hall–Kier alpha value is -1.43. The molecule has 0 spiro atoms. The lowest BCUT2D eigenvalue weighted by molar-refractivity contribution is -0.131. The molecule has 1 aromatic heterocycles. The van der Waals surface area contributed by atoms with Crippen LogP contribution in [0.2, 0.25) is 0 Å². The van der Waals surface area contributed by atoms with Gasteiger partial charge >= 0.3 is 0 Å². The predicted octanol–water partition coefficient (Wildman–Crippen LogP) is 0.747. The van der Waals surface area contributed by atoms with Gasteiger partial charge in [-0.3, -0.25) is 4.79 Å². The van der Waals surface area contributed by atoms with Gasteiger partial charge in [-0.05, 0) is 12.8 Å². The molecule has 5 nitrogen and oxygen atoms in total. The van der Waals surface area contributed by atoms with Crippen molar-refractivity contribution in [2.24, 2.45) is 11.1 Å². The molecule has 1 aromatic rings. The molecule has 3 N–H and O–H groups in total. The Labute approximate surface area is 98.4 Å². The van der Waals surface area contributed by atoms with Gasteiger partial charge in [-0.25, -0.2) is 0 Å². The van der Waals surface area contributed by atoms with E-state index in [4.69, 9.17) is 22.5 Å². The highest BCUT2D eigenvalue weighted by molar-refractivity contribution is 7.80. The fourth-order valence-electron chi connectivity index (χ4n) is 1.79. The third-order valence-corrected chi connectivity index (χ3v) is 3.42. The normalized spacial score (nSPS) is 17.5. The van der Waals surface area contributed by atoms with E-state index in [0.29, 0.717) is 12.3 Å². The molecule has 1 heterocycles. The van der Waals surface area contributed by atoms with Gasteiger partial charge in [0.1, 0.15) is 0 Å². The minimum atomic E-state index is -0.630. The van der Waals surface area contributed by atoms with Crippen molar-refractivity contribution in [2.75, 3.05) is 0 Å². The van der Waals surface area contributed by atoms with Gasteiger partial charge < -0.3 is 15.6 Å². The topological polar surface area (TPSA) is 81.2 Å². The van der Waals surface area contributed by atoms with Crippen molar-refractivity contribution in [2.45, 2.75) is 25.8 Å². The molecule has 0 radical (unpaired) electrons. The van der Waals surface area contributed by atoms with Crippen LogP contribution >= 0.6 is 12.2 Å². The minimum absolute atomic E-state index is 0.109. The molecule has 16 heavy (non-hydrogen) atoms. The van der Waals surface area contributed by atoms with Crippen molar-refractivity contribution in [3.05, 3.63) is 18.0 Å². The van der Waals surface area contributed by atoms with Crippen LogP contribution in [0.1, 0.15) is 25.0 Å². The molecule has 0 bridgehead atoms. The quantitative estimate of drug-likeness (QED) is 0.758. The summed E-state index contributed by atoms with van der Waals surface area (Å²) in [6.07, 6.45) is 4.01. The highest BCUT2D eigenvalue weighted by Gasteiger charge is 2.46. The number of nitrogens with two attached hydrogens (primary N) is 1. The molecule has 0 saturated heterocycles. The standard InChI is InChI=1S/C10H13N3O2S/c11-8(16)10(3-1-4-10)9(14)12-6-7-2-5-13-15-7/h2,5H,1,3-4,6H2,(H2,11,16)(H,12,14). The van der Waals surface area contributed by atoms with Crippen LogP contribution in [0.25, 0.3) is 0 Å². The first-order valence-corrected chi connectivity index (χ1v) is 5.54. The van der Waals surface area contributed by atoms with Gasteiger partial charge in [-0.2, -0.15) is 0 Å². The predicted molar refractivity (Wildman–Crippen MR) is 61.4 cm³/mol. The molecule has 0 unspecified atom stereocenters. The van der Waals surface area contributed by atoms with Gasteiger partial charge in [0.05, 0.1) is 23.1 Å². The van der Waals surface area contributed by atoms with Crippen LogP contribution in [-0.2, 0) is 11.3 Å². The van der Waals surface area contributed by atoms with E-state index in [9.17, 15) is 4.79 Å². The molecule has 0 aliphatic heterocycles. The van der Waals surface area contributed by atoms with Crippen molar-refractivity contribution < 1.29 is 9.32 Å². The van der Waals surface area contributed by atoms with E-state index in [2.05, 4.69) is 10.5 Å². The molecule has 86 valence electrons. The van der Waals surface area contributed by atoms with E-state index in [1.54, 1.807) is 6.07 Å². The van der Waals surface area contributed by atoms with Gasteiger partial charge in [0, 0.05) is 6.07 Å². The molecule has 2 rings (SSSR count). The molecule has 6 heteroatoms. The van der Waals surface area contributed by atoms with Crippen LogP contribution in [0.3, 0.4) is 0 Å². The van der Waals surface area contributed by atoms with Crippen molar-refractivity contribution in [3.63, 3.8) is 0 Å². The first-order valence-electron chi connectivity index (χ1n) is 5.13. The Balaban J connectivity index is 1.95. The first-order chi connectivity index (χ1) is 7.65. The summed E-state index contributed by atoms with van der Waals surface area (Å²) in [5.74, 6) is 0.508. The number of thiocarbonyl (C=S) groups is 1. The lowest BCUT2D eigenvalue weighted by Gasteiger charge is -2.38. The molecule has 1 aliphatic carbocycles. The molecular weight excluding hydrogens is 226 g/mol. The van der Waals surface area contributed by atoms with E-state index >= 15 is 0 Å². The van der Waals surface area contributed by atoms with E-state index in [1.807, 2.05) is 0 Å². The maximum Gasteiger partial charge on any atom is 0.233 e. The summed E-state index contributed by atoms with van der Waals surface area (Å²) in [5, 5.41) is 6.32. The van der Waals surface area contributed by atoms with Crippen LogP contribution in [0, 0.1) is 5.41 Å². The van der Waals surface area contributed by atoms with Crippen molar-refractivity contribution in [1.82, 2.24) is 10.5 Å². The number of carbonyl (C=O) groups excluding carboxylic acids is 1. The Morgan fingerprint density at radius 1 is 1.69 bits per heavy atom. The van der Waals surface area contributed by atoms with Crippen LogP contribution in [0.5, 0.6) is 0 Å². The van der Waals surface area contributed by atoms with Crippen LogP contribution in [0.4, 0.5) is 0 Å². The highest BCUT2D eigenvalue weighted by Crippen LogP contribution is 2.41. The number of amides is 1. The summed E-state index contributed by atoms with van der Waals surface area (Å²) in [4.78, 5) is 12.2. The average molecular weight is 239 g/mol. The fraction of sp³-hybridized carbons (Fsp3) is 0.500. The number of nitrogens with zero attached hydrogens (tertiary/aromatic N) is 1. The number of aromatic nitrogens is 1. The largest absolute Gasteiger partial charge is 0.392 e. The number of carbonyl (C=O) groups is 1. The summed E-state index contributed by atoms with van der Waals surface area (Å²) < 4.78 is 4.88. The van der Waals surface area contributed by atoms with E-state index < -0.39 is 5.41 Å². The molecule has 1 amide bonds. The second-order valence-electron chi connectivity index (χ2n) is 3.96. The molecular formula is C10H13N3O2S. The van der Waals surface area contributed by atoms with Gasteiger partial charge in [-0.1, -0.05) is 23.8 Å². The Bertz CT molecular complexity index is 398. The summed E-state index contributed by atoms with van der Waals surface area (Å²) in [6.45, 7) is 0.323. The zero-order valence-electron chi connectivity index (χ0n) is 8.73. The number of rotatable bonds is 4. The van der Waals surface area contributed by atoms with Crippen molar-refractivity contribution in [1.29, 1.82) is 0 Å². The molecule has 0 aromatic carbocycles. The van der Waals surface area contributed by atoms with Crippen molar-refractivity contribution >= 4 is 23.1 Å². The number of hydrogen-bond acceptors (Lipinski definition) is 4. The summed E-state index contributed by atoms with van der Waals surface area (Å²) in [7, 11) is 0. The molecule has 1 aliphatic rings. The van der Waals surface area contributed by atoms with Gasteiger partial charge in [0.2, 0.25) is 5.91 Å². The van der Waals surface area contributed by atoms with E-state index in [1.165, 1.54) is 6.20 Å². The van der Waals surface area contributed by atoms with Crippen LogP contribution in [0.15, 0.2) is 16.8 Å². The third-order valence-electron chi connectivity index (χ3n) is 3.03. The maximum absolute atomic E-state index is 11.9. The van der Waals surface area contributed by atoms with Crippen molar-refractivity contribution in [3.8, 4) is 0 Å².